The van der Waals surface area contributed by atoms with Gasteiger partial charge in [-0.25, -0.2) is 9.38 Å². The standard InChI is InChI=1S/C24H35FN6/c1-4-26-24(28-16-19-8-9-23(25)20(15-19)17-30(2)3)29-21-10-13-31(14-11-21)18-22-7-5-6-12-27-22/h5-9,12,15,21H,4,10-11,13-14,16-18H2,1-3H3,(H2,26,28,29). The molecule has 0 spiro atoms. The second-order valence-corrected chi connectivity index (χ2v) is 8.37. The van der Waals surface area contributed by atoms with Crippen molar-refractivity contribution in [2.24, 2.45) is 4.99 Å². The largest absolute Gasteiger partial charge is 0.357 e. The van der Waals surface area contributed by atoms with Gasteiger partial charge in [0.05, 0.1) is 12.2 Å². The smallest absolute Gasteiger partial charge is 0.191 e. The Morgan fingerprint density at radius 2 is 2.03 bits per heavy atom. The minimum Gasteiger partial charge on any atom is -0.357 e. The number of nitrogens with one attached hydrogen (secondary N) is 2. The monoisotopic (exact) mass is 426 g/mol. The molecular weight excluding hydrogens is 391 g/mol. The molecule has 1 aromatic heterocycles. The summed E-state index contributed by atoms with van der Waals surface area (Å²) in [5, 5.41) is 6.93. The number of rotatable bonds is 8. The molecule has 0 atom stereocenters. The summed E-state index contributed by atoms with van der Waals surface area (Å²) in [6, 6.07) is 11.8. The first-order valence-corrected chi connectivity index (χ1v) is 11.1. The van der Waals surface area contributed by atoms with Crippen LogP contribution in [0.2, 0.25) is 0 Å². The van der Waals surface area contributed by atoms with E-state index in [1.54, 1.807) is 6.07 Å². The van der Waals surface area contributed by atoms with Gasteiger partial charge in [-0.2, -0.15) is 0 Å². The molecule has 0 bridgehead atoms. The number of aromatic nitrogens is 1. The highest BCUT2D eigenvalue weighted by atomic mass is 19.1. The van der Waals surface area contributed by atoms with Crippen LogP contribution in [-0.2, 0) is 19.6 Å². The Balaban J connectivity index is 1.53. The third-order valence-electron chi connectivity index (χ3n) is 5.40. The Bertz CT molecular complexity index is 831. The van der Waals surface area contributed by atoms with E-state index in [-0.39, 0.29) is 5.82 Å². The van der Waals surface area contributed by atoms with Crippen LogP contribution in [0.5, 0.6) is 0 Å². The van der Waals surface area contributed by atoms with Gasteiger partial charge in [0.15, 0.2) is 5.96 Å². The lowest BCUT2D eigenvalue weighted by Crippen LogP contribution is -2.48. The van der Waals surface area contributed by atoms with Crippen LogP contribution in [0, 0.1) is 5.82 Å². The summed E-state index contributed by atoms with van der Waals surface area (Å²) >= 11 is 0. The summed E-state index contributed by atoms with van der Waals surface area (Å²) in [5.41, 5.74) is 2.84. The number of halogens is 1. The number of pyridine rings is 1. The predicted molar refractivity (Wildman–Crippen MR) is 124 cm³/mol. The number of nitrogens with zero attached hydrogens (tertiary/aromatic N) is 4. The van der Waals surface area contributed by atoms with Crippen molar-refractivity contribution in [1.29, 1.82) is 0 Å². The minimum atomic E-state index is -0.163. The van der Waals surface area contributed by atoms with Crippen LogP contribution in [-0.4, -0.2) is 60.5 Å². The molecular formula is C24H35FN6. The van der Waals surface area contributed by atoms with Crippen LogP contribution in [0.1, 0.15) is 36.6 Å². The summed E-state index contributed by atoms with van der Waals surface area (Å²) in [7, 11) is 3.89. The Kier molecular flexibility index (Phi) is 8.79. The maximum Gasteiger partial charge on any atom is 0.191 e. The Morgan fingerprint density at radius 1 is 1.23 bits per heavy atom. The lowest BCUT2D eigenvalue weighted by molar-refractivity contribution is 0.196. The van der Waals surface area contributed by atoms with Crippen molar-refractivity contribution in [3.8, 4) is 0 Å². The van der Waals surface area contributed by atoms with Gasteiger partial charge in [0.1, 0.15) is 5.82 Å². The van der Waals surface area contributed by atoms with E-state index in [0.717, 1.165) is 56.2 Å². The fraction of sp³-hybridized carbons (Fsp3) is 0.500. The van der Waals surface area contributed by atoms with Gasteiger partial charge >= 0.3 is 0 Å². The van der Waals surface area contributed by atoms with Crippen LogP contribution in [0.25, 0.3) is 0 Å². The average Bonchev–Trinajstić information content (AvgIpc) is 2.76. The van der Waals surface area contributed by atoms with Crippen molar-refractivity contribution in [3.05, 3.63) is 65.2 Å². The van der Waals surface area contributed by atoms with Crippen LogP contribution >= 0.6 is 0 Å². The molecule has 31 heavy (non-hydrogen) atoms. The SMILES string of the molecule is CCNC(=NCc1ccc(F)c(CN(C)C)c1)NC1CCN(Cc2ccccn2)CC1. The van der Waals surface area contributed by atoms with Gasteiger partial charge in [-0.1, -0.05) is 12.1 Å². The molecule has 1 saturated heterocycles. The van der Waals surface area contributed by atoms with Crippen molar-refractivity contribution in [3.63, 3.8) is 0 Å². The summed E-state index contributed by atoms with van der Waals surface area (Å²) in [6.45, 7) is 6.97. The number of hydrogen-bond acceptors (Lipinski definition) is 4. The van der Waals surface area contributed by atoms with Crippen molar-refractivity contribution in [2.75, 3.05) is 33.7 Å². The average molecular weight is 427 g/mol. The van der Waals surface area contributed by atoms with Gasteiger partial charge in [0, 0.05) is 50.5 Å². The molecule has 2 aromatic rings. The Labute approximate surface area is 185 Å². The molecule has 0 radical (unpaired) electrons. The second-order valence-electron chi connectivity index (χ2n) is 8.37. The first-order chi connectivity index (χ1) is 15.0. The van der Waals surface area contributed by atoms with Gasteiger partial charge in [0.2, 0.25) is 0 Å². The van der Waals surface area contributed by atoms with Crippen molar-refractivity contribution < 1.29 is 4.39 Å². The first kappa shape index (κ1) is 23.2. The summed E-state index contributed by atoms with van der Waals surface area (Å²) in [6.07, 6.45) is 3.99. The quantitative estimate of drug-likeness (QED) is 0.502. The molecule has 2 heterocycles. The van der Waals surface area contributed by atoms with Gasteiger partial charge in [0.25, 0.3) is 0 Å². The van der Waals surface area contributed by atoms with E-state index in [9.17, 15) is 4.39 Å². The highest BCUT2D eigenvalue weighted by molar-refractivity contribution is 5.80. The third-order valence-corrected chi connectivity index (χ3v) is 5.40. The van der Waals surface area contributed by atoms with Crippen LogP contribution in [0.3, 0.4) is 0 Å². The number of piperidine rings is 1. The number of guanidine groups is 1. The zero-order valence-corrected chi connectivity index (χ0v) is 18.9. The maximum atomic E-state index is 14.0. The summed E-state index contributed by atoms with van der Waals surface area (Å²) < 4.78 is 14.0. The number of likely N-dealkylation sites (tertiary alicyclic amines) is 1. The third kappa shape index (κ3) is 7.60. The van der Waals surface area contributed by atoms with Crippen molar-refractivity contribution in [2.45, 2.75) is 45.4 Å². The topological polar surface area (TPSA) is 55.8 Å². The second kappa shape index (κ2) is 11.8. The van der Waals surface area contributed by atoms with E-state index in [1.807, 2.05) is 49.5 Å². The van der Waals surface area contributed by atoms with E-state index in [0.29, 0.717) is 24.7 Å². The summed E-state index contributed by atoms with van der Waals surface area (Å²) in [4.78, 5) is 13.6. The van der Waals surface area contributed by atoms with Crippen molar-refractivity contribution in [1.82, 2.24) is 25.4 Å². The normalized spacial score (nSPS) is 16.0. The molecule has 0 saturated carbocycles. The molecule has 1 fully saturated rings. The lowest BCUT2D eigenvalue weighted by atomic mass is 10.0. The van der Waals surface area contributed by atoms with E-state index >= 15 is 0 Å². The zero-order valence-electron chi connectivity index (χ0n) is 18.9. The van der Waals surface area contributed by atoms with Crippen molar-refractivity contribution >= 4 is 5.96 Å². The van der Waals surface area contributed by atoms with Gasteiger partial charge < -0.3 is 15.5 Å². The Morgan fingerprint density at radius 3 is 2.71 bits per heavy atom. The molecule has 6 nitrogen and oxygen atoms in total. The summed E-state index contributed by atoms with van der Waals surface area (Å²) in [5.74, 6) is 0.660. The zero-order chi connectivity index (χ0) is 22.1. The maximum absolute atomic E-state index is 14.0. The van der Waals surface area contributed by atoms with Gasteiger partial charge in [-0.3, -0.25) is 9.88 Å². The molecule has 1 aromatic carbocycles. The molecule has 0 aliphatic carbocycles. The minimum absolute atomic E-state index is 0.163. The fourth-order valence-electron chi connectivity index (χ4n) is 3.83. The molecule has 1 aliphatic heterocycles. The fourth-order valence-corrected chi connectivity index (χ4v) is 3.83. The lowest BCUT2D eigenvalue weighted by Gasteiger charge is -2.32. The molecule has 1 aliphatic rings. The van der Waals surface area contributed by atoms with Crippen LogP contribution in [0.15, 0.2) is 47.6 Å². The Hall–Kier alpha value is -2.51. The predicted octanol–water partition coefficient (Wildman–Crippen LogP) is 3.00. The first-order valence-electron chi connectivity index (χ1n) is 11.1. The number of hydrogen-bond donors (Lipinski definition) is 2. The van der Waals surface area contributed by atoms with E-state index < -0.39 is 0 Å². The van der Waals surface area contributed by atoms with Crippen LogP contribution in [0.4, 0.5) is 4.39 Å². The molecule has 0 unspecified atom stereocenters. The number of benzene rings is 1. The van der Waals surface area contributed by atoms with Gasteiger partial charge in [-0.05, 0) is 63.7 Å². The molecule has 0 amide bonds. The van der Waals surface area contributed by atoms with E-state index in [4.69, 9.17) is 4.99 Å². The van der Waals surface area contributed by atoms with E-state index in [1.165, 1.54) is 0 Å². The van der Waals surface area contributed by atoms with Crippen LogP contribution < -0.4 is 10.6 Å². The van der Waals surface area contributed by atoms with Gasteiger partial charge in [-0.15, -0.1) is 0 Å². The molecule has 3 rings (SSSR count). The molecule has 7 heteroatoms. The molecule has 2 N–H and O–H groups in total. The number of aliphatic imine (C=N–C) groups is 1. The highest BCUT2D eigenvalue weighted by Gasteiger charge is 2.20. The van der Waals surface area contributed by atoms with E-state index in [2.05, 4.69) is 33.5 Å². The molecule has 168 valence electrons. The highest BCUT2D eigenvalue weighted by Crippen LogP contribution is 2.14.